The third-order valence-corrected chi connectivity index (χ3v) is 2.93. The van der Waals surface area contributed by atoms with Gasteiger partial charge in [0.2, 0.25) is 6.10 Å². The van der Waals surface area contributed by atoms with E-state index in [1.165, 1.54) is 0 Å². The minimum absolute atomic E-state index is 0.131. The highest BCUT2D eigenvalue weighted by Crippen LogP contribution is 2.39. The fourth-order valence-electron chi connectivity index (χ4n) is 1.46. The molecule has 1 aromatic rings. The van der Waals surface area contributed by atoms with E-state index < -0.39 is 29.7 Å². The van der Waals surface area contributed by atoms with Gasteiger partial charge >= 0.3 is 12.3 Å². The average Bonchev–Trinajstić information content (AvgIpc) is 2.22. The van der Waals surface area contributed by atoms with Gasteiger partial charge in [0.25, 0.3) is 0 Å². The largest absolute Gasteiger partial charge is 0.432 e. The molecule has 1 atom stereocenters. The van der Waals surface area contributed by atoms with Gasteiger partial charge in [-0.1, -0.05) is 22.0 Å². The molecule has 0 spiro atoms. The second kappa shape index (κ2) is 6.21. The van der Waals surface area contributed by atoms with E-state index in [1.807, 2.05) is 0 Å². The zero-order valence-electron chi connectivity index (χ0n) is 11.5. The maximum absolute atomic E-state index is 13.1. The Bertz CT molecular complexity index is 526. The van der Waals surface area contributed by atoms with Crippen LogP contribution in [0, 0.1) is 5.82 Å². The average molecular weight is 372 g/mol. The first-order chi connectivity index (χ1) is 9.40. The van der Waals surface area contributed by atoms with Crippen LogP contribution in [0.5, 0.6) is 0 Å². The zero-order chi connectivity index (χ0) is 16.4. The Labute approximate surface area is 127 Å². The number of benzene rings is 1. The summed E-state index contributed by atoms with van der Waals surface area (Å²) >= 11 is 2.84. The molecule has 0 aliphatic carbocycles. The maximum Gasteiger partial charge on any atom is 0.429 e. The number of alkyl carbamates (subject to hydrolysis) is 1. The highest BCUT2D eigenvalue weighted by Gasteiger charge is 2.45. The molecular formula is C13H14BrF4NO2. The van der Waals surface area contributed by atoms with Crippen LogP contribution in [0.4, 0.5) is 22.4 Å². The number of halogens is 5. The topological polar surface area (TPSA) is 38.3 Å². The molecule has 118 valence electrons. The molecule has 0 aliphatic rings. The summed E-state index contributed by atoms with van der Waals surface area (Å²) in [6.45, 7) is 4.81. The van der Waals surface area contributed by atoms with Crippen LogP contribution in [0.25, 0.3) is 0 Å². The summed E-state index contributed by atoms with van der Waals surface area (Å²) in [4.78, 5) is 11.5. The first-order valence-corrected chi connectivity index (χ1v) is 6.70. The van der Waals surface area contributed by atoms with Crippen LogP contribution in [-0.2, 0) is 4.74 Å². The number of alkyl halides is 3. The Hall–Kier alpha value is -1.31. The predicted molar refractivity (Wildman–Crippen MR) is 72.3 cm³/mol. The van der Waals surface area contributed by atoms with Crippen LogP contribution < -0.4 is 5.32 Å². The van der Waals surface area contributed by atoms with Gasteiger partial charge in [-0.05, 0) is 32.9 Å². The van der Waals surface area contributed by atoms with Crippen molar-refractivity contribution < 1.29 is 27.1 Å². The van der Waals surface area contributed by atoms with E-state index in [2.05, 4.69) is 26.0 Å². The minimum atomic E-state index is -4.82. The van der Waals surface area contributed by atoms with Crippen molar-refractivity contribution in [3.63, 3.8) is 0 Å². The lowest BCUT2D eigenvalue weighted by molar-refractivity contribution is -0.207. The van der Waals surface area contributed by atoms with Crippen LogP contribution in [0.1, 0.15) is 32.4 Å². The summed E-state index contributed by atoms with van der Waals surface area (Å²) in [5, 5.41) is 2.27. The summed E-state index contributed by atoms with van der Waals surface area (Å²) in [6, 6.07) is 2.66. The van der Waals surface area contributed by atoms with Gasteiger partial charge in [0, 0.05) is 15.6 Å². The standard InChI is InChI=1S/C13H14BrF4NO2/c1-12(2,3)19-11(20)21-10(13(16,17)18)8-5-4-7(15)6-9(8)14/h4-6,10H,1-3H3,(H,19,20). The summed E-state index contributed by atoms with van der Waals surface area (Å²) in [6.07, 6.45) is -8.52. The van der Waals surface area contributed by atoms with Gasteiger partial charge in [-0.15, -0.1) is 0 Å². The maximum atomic E-state index is 13.1. The molecule has 0 bridgehead atoms. The highest BCUT2D eigenvalue weighted by molar-refractivity contribution is 9.10. The third kappa shape index (κ3) is 5.53. The molecule has 0 fully saturated rings. The molecule has 0 aromatic heterocycles. The molecule has 8 heteroatoms. The van der Waals surface area contributed by atoms with Gasteiger partial charge in [-0.2, -0.15) is 13.2 Å². The molecule has 21 heavy (non-hydrogen) atoms. The summed E-state index contributed by atoms with van der Waals surface area (Å²) in [5.41, 5.74) is -1.12. The molecule has 0 heterocycles. The van der Waals surface area contributed by atoms with Crippen molar-refractivity contribution in [2.75, 3.05) is 0 Å². The minimum Gasteiger partial charge on any atom is -0.432 e. The lowest BCUT2D eigenvalue weighted by atomic mass is 10.1. The van der Waals surface area contributed by atoms with Crippen molar-refractivity contribution >= 4 is 22.0 Å². The second-order valence-electron chi connectivity index (χ2n) is 5.37. The molecule has 0 radical (unpaired) electrons. The summed E-state index contributed by atoms with van der Waals surface area (Å²) in [5.74, 6) is -0.703. The number of rotatable bonds is 2. The lowest BCUT2D eigenvalue weighted by Crippen LogP contribution is -2.42. The predicted octanol–water partition coefficient (Wildman–Crippen LogP) is 4.72. The van der Waals surface area contributed by atoms with Crippen molar-refractivity contribution in [1.29, 1.82) is 0 Å². The van der Waals surface area contributed by atoms with Gasteiger partial charge in [-0.3, -0.25) is 0 Å². The first kappa shape index (κ1) is 17.7. The fraction of sp³-hybridized carbons (Fsp3) is 0.462. The molecule has 1 N–H and O–H groups in total. The molecular weight excluding hydrogens is 358 g/mol. The van der Waals surface area contributed by atoms with Crippen molar-refractivity contribution in [3.05, 3.63) is 34.1 Å². The SMILES string of the molecule is CC(C)(C)NC(=O)OC(c1ccc(F)cc1Br)C(F)(F)F. The lowest BCUT2D eigenvalue weighted by Gasteiger charge is -2.25. The molecule has 0 aliphatic heterocycles. The zero-order valence-corrected chi connectivity index (χ0v) is 13.1. The number of carbonyl (C=O) groups is 1. The van der Waals surface area contributed by atoms with Crippen LogP contribution >= 0.6 is 15.9 Å². The van der Waals surface area contributed by atoms with Gasteiger partial charge in [0.15, 0.2) is 0 Å². The quantitative estimate of drug-likeness (QED) is 0.764. The molecule has 1 rings (SSSR count). The van der Waals surface area contributed by atoms with E-state index in [4.69, 9.17) is 0 Å². The van der Waals surface area contributed by atoms with E-state index in [1.54, 1.807) is 20.8 Å². The summed E-state index contributed by atoms with van der Waals surface area (Å²) < 4.78 is 56.5. The van der Waals surface area contributed by atoms with Gasteiger partial charge < -0.3 is 10.1 Å². The van der Waals surface area contributed by atoms with E-state index >= 15 is 0 Å². The third-order valence-electron chi connectivity index (χ3n) is 2.24. The van der Waals surface area contributed by atoms with E-state index in [-0.39, 0.29) is 10.0 Å². The summed E-state index contributed by atoms with van der Waals surface area (Å²) in [7, 11) is 0. The Kier molecular flexibility index (Phi) is 5.25. The number of hydrogen-bond donors (Lipinski definition) is 1. The Balaban J connectivity index is 3.05. The number of nitrogens with one attached hydrogen (secondary N) is 1. The Morgan fingerprint density at radius 2 is 1.86 bits per heavy atom. The normalized spacial score (nSPS) is 13.7. The first-order valence-electron chi connectivity index (χ1n) is 5.90. The number of amides is 1. The molecule has 1 aromatic carbocycles. The van der Waals surface area contributed by atoms with Gasteiger partial charge in [-0.25, -0.2) is 9.18 Å². The Morgan fingerprint density at radius 3 is 2.29 bits per heavy atom. The smallest absolute Gasteiger partial charge is 0.429 e. The van der Waals surface area contributed by atoms with E-state index in [9.17, 15) is 22.4 Å². The van der Waals surface area contributed by atoms with E-state index in [0.717, 1.165) is 18.2 Å². The Morgan fingerprint density at radius 1 is 1.29 bits per heavy atom. The monoisotopic (exact) mass is 371 g/mol. The van der Waals surface area contributed by atoms with Crippen molar-refractivity contribution in [2.24, 2.45) is 0 Å². The number of hydrogen-bond acceptors (Lipinski definition) is 2. The molecule has 3 nitrogen and oxygen atoms in total. The van der Waals surface area contributed by atoms with Gasteiger partial charge in [0.05, 0.1) is 0 Å². The molecule has 0 saturated heterocycles. The van der Waals surface area contributed by atoms with Crippen LogP contribution in [-0.4, -0.2) is 17.8 Å². The van der Waals surface area contributed by atoms with Crippen LogP contribution in [0.3, 0.4) is 0 Å². The molecule has 1 amide bonds. The van der Waals surface area contributed by atoms with Crippen molar-refractivity contribution in [1.82, 2.24) is 5.32 Å². The second-order valence-corrected chi connectivity index (χ2v) is 6.22. The highest BCUT2D eigenvalue weighted by atomic mass is 79.9. The molecule has 0 saturated carbocycles. The molecule has 1 unspecified atom stereocenters. The van der Waals surface area contributed by atoms with Gasteiger partial charge in [0.1, 0.15) is 5.82 Å². The van der Waals surface area contributed by atoms with Crippen molar-refractivity contribution in [2.45, 2.75) is 38.6 Å². The van der Waals surface area contributed by atoms with E-state index in [0.29, 0.717) is 0 Å². The van der Waals surface area contributed by atoms with Crippen LogP contribution in [0.15, 0.2) is 22.7 Å². The van der Waals surface area contributed by atoms with Crippen LogP contribution in [0.2, 0.25) is 0 Å². The number of carbonyl (C=O) groups excluding carboxylic acids is 1. The van der Waals surface area contributed by atoms with Crippen molar-refractivity contribution in [3.8, 4) is 0 Å². The number of ether oxygens (including phenoxy) is 1. The fourth-order valence-corrected chi connectivity index (χ4v) is 2.02.